The van der Waals surface area contributed by atoms with Crippen LogP contribution in [0.1, 0.15) is 12.0 Å². The average molecular weight is 203 g/mol. The lowest BCUT2D eigenvalue weighted by Gasteiger charge is -2.09. The largest absolute Gasteiger partial charge is 0.309 e. The Balaban J connectivity index is 2.10. The van der Waals surface area contributed by atoms with Gasteiger partial charge in [0.25, 0.3) is 0 Å². The molecule has 3 nitrogen and oxygen atoms in total. The van der Waals surface area contributed by atoms with Crippen LogP contribution in [0.25, 0.3) is 10.9 Å². The Labute approximate surface area is 90.1 Å². The lowest BCUT2D eigenvalue weighted by atomic mass is 10.1. The molecule has 0 saturated heterocycles. The van der Waals surface area contributed by atoms with Crippen LogP contribution in [0.2, 0.25) is 0 Å². The molecule has 1 aromatic carbocycles. The molecule has 3 heteroatoms. The van der Waals surface area contributed by atoms with Gasteiger partial charge in [-0.25, -0.2) is 0 Å². The van der Waals surface area contributed by atoms with Gasteiger partial charge >= 0.3 is 0 Å². The third-order valence-corrected chi connectivity index (χ3v) is 2.61. The molecule has 1 heterocycles. The Hall–Kier alpha value is -1.35. The van der Waals surface area contributed by atoms with E-state index in [9.17, 15) is 0 Å². The molecule has 0 amide bonds. The maximum absolute atomic E-state index is 4.07. The number of hydrogen-bond donors (Lipinski definition) is 1. The molecule has 80 valence electrons. The molecule has 1 N–H and O–H groups in total. The number of rotatable bonds is 4. The van der Waals surface area contributed by atoms with Gasteiger partial charge in [0.1, 0.15) is 0 Å². The molecule has 0 saturated carbocycles. The molecule has 0 unspecified atom stereocenters. The number of nitrogens with one attached hydrogen (secondary N) is 1. The van der Waals surface area contributed by atoms with Crippen LogP contribution in [0.3, 0.4) is 0 Å². The summed E-state index contributed by atoms with van der Waals surface area (Å²) in [6.45, 7) is 1.13. The summed E-state index contributed by atoms with van der Waals surface area (Å²) in [6, 6.07) is 6.37. The SMILES string of the molecule is CN(C)CCCc1cccc2cn[nH]c12. The molecule has 0 aliphatic heterocycles. The molecule has 2 rings (SSSR count). The maximum atomic E-state index is 4.07. The first-order chi connectivity index (χ1) is 7.27. The van der Waals surface area contributed by atoms with Gasteiger partial charge in [0.05, 0.1) is 11.7 Å². The number of H-pyrrole nitrogens is 1. The normalized spacial score (nSPS) is 11.4. The molecule has 2 aromatic rings. The summed E-state index contributed by atoms with van der Waals surface area (Å²) >= 11 is 0. The number of aromatic amines is 1. The minimum atomic E-state index is 1.11. The van der Waals surface area contributed by atoms with E-state index < -0.39 is 0 Å². The van der Waals surface area contributed by atoms with Crippen molar-refractivity contribution in [2.24, 2.45) is 0 Å². The van der Waals surface area contributed by atoms with Gasteiger partial charge in [0.2, 0.25) is 0 Å². The van der Waals surface area contributed by atoms with Crippen molar-refractivity contribution < 1.29 is 0 Å². The van der Waals surface area contributed by atoms with Gasteiger partial charge in [0.15, 0.2) is 0 Å². The van der Waals surface area contributed by atoms with E-state index in [1.165, 1.54) is 22.9 Å². The van der Waals surface area contributed by atoms with E-state index in [4.69, 9.17) is 0 Å². The summed E-state index contributed by atoms with van der Waals surface area (Å²) in [7, 11) is 4.22. The number of fused-ring (bicyclic) bond motifs is 1. The molecule has 0 bridgehead atoms. The Morgan fingerprint density at radius 1 is 1.33 bits per heavy atom. The van der Waals surface area contributed by atoms with E-state index in [0.29, 0.717) is 0 Å². The second-order valence-corrected chi connectivity index (χ2v) is 4.16. The predicted molar refractivity (Wildman–Crippen MR) is 63.0 cm³/mol. The zero-order valence-corrected chi connectivity index (χ0v) is 9.33. The maximum Gasteiger partial charge on any atom is 0.0682 e. The van der Waals surface area contributed by atoms with Crippen molar-refractivity contribution >= 4 is 10.9 Å². The Kier molecular flexibility index (Phi) is 3.02. The van der Waals surface area contributed by atoms with E-state index >= 15 is 0 Å². The van der Waals surface area contributed by atoms with Gasteiger partial charge in [-0.2, -0.15) is 5.10 Å². The lowest BCUT2D eigenvalue weighted by Crippen LogP contribution is -2.13. The molecule has 0 aliphatic rings. The summed E-state index contributed by atoms with van der Waals surface area (Å²) in [6.07, 6.45) is 4.17. The second-order valence-electron chi connectivity index (χ2n) is 4.16. The van der Waals surface area contributed by atoms with Crippen LogP contribution in [-0.2, 0) is 6.42 Å². The topological polar surface area (TPSA) is 31.9 Å². The molecular formula is C12H17N3. The van der Waals surface area contributed by atoms with E-state index in [1.807, 2.05) is 6.20 Å². The van der Waals surface area contributed by atoms with Crippen molar-refractivity contribution in [3.63, 3.8) is 0 Å². The zero-order chi connectivity index (χ0) is 10.7. The van der Waals surface area contributed by atoms with E-state index in [0.717, 1.165) is 13.0 Å². The number of para-hydroxylation sites is 1. The molecular weight excluding hydrogens is 186 g/mol. The highest BCUT2D eigenvalue weighted by Crippen LogP contribution is 2.16. The summed E-state index contributed by atoms with van der Waals surface area (Å²) in [5.74, 6) is 0. The molecule has 0 aliphatic carbocycles. The smallest absolute Gasteiger partial charge is 0.0682 e. The molecule has 15 heavy (non-hydrogen) atoms. The first kappa shape index (κ1) is 10.2. The lowest BCUT2D eigenvalue weighted by molar-refractivity contribution is 0.400. The highest BCUT2D eigenvalue weighted by atomic mass is 15.1. The van der Waals surface area contributed by atoms with Gasteiger partial charge in [0, 0.05) is 5.39 Å². The highest BCUT2D eigenvalue weighted by Gasteiger charge is 2.02. The van der Waals surface area contributed by atoms with Crippen molar-refractivity contribution in [2.75, 3.05) is 20.6 Å². The predicted octanol–water partition coefficient (Wildman–Crippen LogP) is 2.06. The fourth-order valence-corrected chi connectivity index (χ4v) is 1.82. The van der Waals surface area contributed by atoms with Crippen LogP contribution >= 0.6 is 0 Å². The molecule has 0 atom stereocenters. The van der Waals surface area contributed by atoms with E-state index in [1.54, 1.807) is 0 Å². The Morgan fingerprint density at radius 3 is 3.00 bits per heavy atom. The number of hydrogen-bond acceptors (Lipinski definition) is 2. The first-order valence-electron chi connectivity index (χ1n) is 5.33. The molecule has 1 aromatic heterocycles. The Morgan fingerprint density at radius 2 is 2.20 bits per heavy atom. The van der Waals surface area contributed by atoms with Crippen molar-refractivity contribution in [2.45, 2.75) is 12.8 Å². The van der Waals surface area contributed by atoms with Gasteiger partial charge in [-0.05, 0) is 39.0 Å². The van der Waals surface area contributed by atoms with Crippen LogP contribution in [0.15, 0.2) is 24.4 Å². The molecule has 0 fully saturated rings. The fraction of sp³-hybridized carbons (Fsp3) is 0.417. The van der Waals surface area contributed by atoms with Gasteiger partial charge < -0.3 is 4.90 Å². The van der Waals surface area contributed by atoms with Crippen LogP contribution in [-0.4, -0.2) is 35.7 Å². The van der Waals surface area contributed by atoms with Gasteiger partial charge in [-0.3, -0.25) is 5.10 Å². The van der Waals surface area contributed by atoms with Crippen molar-refractivity contribution in [1.29, 1.82) is 0 Å². The van der Waals surface area contributed by atoms with Crippen LogP contribution in [0.4, 0.5) is 0 Å². The van der Waals surface area contributed by atoms with Crippen LogP contribution < -0.4 is 0 Å². The summed E-state index contributed by atoms with van der Waals surface area (Å²) in [5.41, 5.74) is 2.56. The van der Waals surface area contributed by atoms with E-state index in [2.05, 4.69) is 47.4 Å². The summed E-state index contributed by atoms with van der Waals surface area (Å²) in [5, 5.41) is 8.34. The monoisotopic (exact) mass is 203 g/mol. The van der Waals surface area contributed by atoms with Crippen molar-refractivity contribution in [1.82, 2.24) is 15.1 Å². The van der Waals surface area contributed by atoms with E-state index in [-0.39, 0.29) is 0 Å². The quantitative estimate of drug-likeness (QED) is 0.824. The number of aryl methyl sites for hydroxylation is 1. The molecule has 0 spiro atoms. The molecule has 0 radical (unpaired) electrons. The first-order valence-corrected chi connectivity index (χ1v) is 5.33. The number of nitrogens with zero attached hydrogens (tertiary/aromatic N) is 2. The minimum Gasteiger partial charge on any atom is -0.309 e. The van der Waals surface area contributed by atoms with Crippen LogP contribution in [0, 0.1) is 0 Å². The summed E-state index contributed by atoms with van der Waals surface area (Å²) < 4.78 is 0. The third-order valence-electron chi connectivity index (χ3n) is 2.61. The minimum absolute atomic E-state index is 1.11. The average Bonchev–Trinajstić information content (AvgIpc) is 2.65. The Bertz CT molecular complexity index is 431. The zero-order valence-electron chi connectivity index (χ0n) is 9.33. The summed E-state index contributed by atoms with van der Waals surface area (Å²) in [4.78, 5) is 2.22. The standard InChI is InChI=1S/C12H17N3/c1-15(2)8-4-7-10-5-3-6-11-9-13-14-12(10)11/h3,5-6,9H,4,7-8H2,1-2H3,(H,13,14). The van der Waals surface area contributed by atoms with Crippen molar-refractivity contribution in [3.8, 4) is 0 Å². The highest BCUT2D eigenvalue weighted by molar-refractivity contribution is 5.81. The number of benzene rings is 1. The number of aromatic nitrogens is 2. The second kappa shape index (κ2) is 4.45. The van der Waals surface area contributed by atoms with Gasteiger partial charge in [-0.1, -0.05) is 18.2 Å². The van der Waals surface area contributed by atoms with Gasteiger partial charge in [-0.15, -0.1) is 0 Å². The van der Waals surface area contributed by atoms with Crippen molar-refractivity contribution in [3.05, 3.63) is 30.0 Å². The fourth-order valence-electron chi connectivity index (χ4n) is 1.82. The van der Waals surface area contributed by atoms with Crippen LogP contribution in [0.5, 0.6) is 0 Å². The third kappa shape index (κ3) is 2.36.